The van der Waals surface area contributed by atoms with Gasteiger partial charge in [-0.3, -0.25) is 9.59 Å². The lowest BCUT2D eigenvalue weighted by Crippen LogP contribution is -2.26. The molecule has 0 radical (unpaired) electrons. The Balaban J connectivity index is 1.79. The van der Waals surface area contributed by atoms with E-state index in [0.717, 1.165) is 15.8 Å². The molecule has 2 aromatic heterocycles. The molecule has 5 nitrogen and oxygen atoms in total. The number of hydrogen-bond acceptors (Lipinski definition) is 4. The Hall–Kier alpha value is -2.47. The number of aryl methyl sites for hydroxylation is 1. The third-order valence-electron chi connectivity index (χ3n) is 3.08. The molecule has 1 N–H and O–H groups in total. The number of carbonyl (C=O) groups is 1. The molecule has 3 aromatic rings. The Labute approximate surface area is 124 Å². The highest BCUT2D eigenvalue weighted by molar-refractivity contribution is 7.22. The maximum absolute atomic E-state index is 12.0. The molecule has 106 valence electrons. The van der Waals surface area contributed by atoms with Gasteiger partial charge in [0, 0.05) is 12.3 Å². The van der Waals surface area contributed by atoms with E-state index in [4.69, 9.17) is 0 Å². The Morgan fingerprint density at radius 3 is 2.90 bits per heavy atom. The number of rotatable bonds is 3. The van der Waals surface area contributed by atoms with Crippen molar-refractivity contribution in [1.82, 2.24) is 9.55 Å². The number of nitrogens with one attached hydrogen (secondary N) is 1. The minimum atomic E-state index is -0.264. The van der Waals surface area contributed by atoms with Crippen molar-refractivity contribution in [1.29, 1.82) is 0 Å². The molecule has 21 heavy (non-hydrogen) atoms. The summed E-state index contributed by atoms with van der Waals surface area (Å²) in [6.07, 6.45) is 1.59. The summed E-state index contributed by atoms with van der Waals surface area (Å²) in [5.74, 6) is -0.264. The number of pyridine rings is 1. The van der Waals surface area contributed by atoms with Crippen LogP contribution < -0.4 is 10.9 Å². The van der Waals surface area contributed by atoms with E-state index in [9.17, 15) is 9.59 Å². The van der Waals surface area contributed by atoms with Crippen molar-refractivity contribution in [3.63, 3.8) is 0 Å². The summed E-state index contributed by atoms with van der Waals surface area (Å²) in [7, 11) is 0. The van der Waals surface area contributed by atoms with Crippen LogP contribution in [0.3, 0.4) is 0 Å². The first kappa shape index (κ1) is 13.5. The second-order valence-electron chi connectivity index (χ2n) is 4.66. The van der Waals surface area contributed by atoms with Crippen LogP contribution in [0, 0.1) is 6.92 Å². The highest BCUT2D eigenvalue weighted by Gasteiger charge is 2.09. The van der Waals surface area contributed by atoms with E-state index in [-0.39, 0.29) is 18.0 Å². The first-order valence-corrected chi connectivity index (χ1v) is 7.26. The van der Waals surface area contributed by atoms with Crippen molar-refractivity contribution in [3.05, 3.63) is 58.5 Å². The SMILES string of the molecule is Cc1cccc2sc(NC(=O)Cn3ccccc3=O)nc12. The molecule has 2 heterocycles. The van der Waals surface area contributed by atoms with Crippen molar-refractivity contribution in [3.8, 4) is 0 Å². The molecule has 0 atom stereocenters. The standard InChI is InChI=1S/C15H13N3O2S/c1-10-5-4-6-11-14(10)17-15(21-11)16-12(19)9-18-8-3-2-7-13(18)20/h2-8H,9H2,1H3,(H,16,17,19). The largest absolute Gasteiger partial charge is 0.306 e. The number of benzene rings is 1. The molecule has 0 saturated carbocycles. The summed E-state index contributed by atoms with van der Waals surface area (Å²) in [4.78, 5) is 28.0. The molecule has 1 aromatic carbocycles. The average molecular weight is 299 g/mol. The van der Waals surface area contributed by atoms with E-state index in [1.165, 1.54) is 22.0 Å². The molecule has 0 fully saturated rings. The van der Waals surface area contributed by atoms with E-state index in [1.54, 1.807) is 18.3 Å². The first-order valence-electron chi connectivity index (χ1n) is 6.45. The molecule has 0 unspecified atom stereocenters. The molecule has 1 amide bonds. The molecular weight excluding hydrogens is 286 g/mol. The number of anilines is 1. The van der Waals surface area contributed by atoms with Gasteiger partial charge < -0.3 is 9.88 Å². The molecule has 0 aliphatic carbocycles. The second-order valence-corrected chi connectivity index (χ2v) is 5.69. The van der Waals surface area contributed by atoms with Crippen molar-refractivity contribution < 1.29 is 4.79 Å². The molecule has 0 aliphatic heterocycles. The zero-order valence-electron chi connectivity index (χ0n) is 11.4. The quantitative estimate of drug-likeness (QED) is 0.807. The normalized spacial score (nSPS) is 10.7. The van der Waals surface area contributed by atoms with Gasteiger partial charge in [0.1, 0.15) is 6.54 Å². The fourth-order valence-electron chi connectivity index (χ4n) is 2.04. The number of carbonyl (C=O) groups excluding carboxylic acids is 1. The molecule has 0 saturated heterocycles. The molecule has 0 bridgehead atoms. The summed E-state index contributed by atoms with van der Waals surface area (Å²) >= 11 is 1.42. The lowest BCUT2D eigenvalue weighted by Gasteiger charge is -2.04. The highest BCUT2D eigenvalue weighted by atomic mass is 32.1. The van der Waals surface area contributed by atoms with Crippen molar-refractivity contribution in [2.45, 2.75) is 13.5 Å². The number of para-hydroxylation sites is 1. The Kier molecular flexibility index (Phi) is 3.53. The van der Waals surface area contributed by atoms with Crippen LogP contribution in [0.1, 0.15) is 5.56 Å². The number of nitrogens with zero attached hydrogens (tertiary/aromatic N) is 2. The molecular formula is C15H13N3O2S. The average Bonchev–Trinajstić information content (AvgIpc) is 2.85. The fraction of sp³-hybridized carbons (Fsp3) is 0.133. The van der Waals surface area contributed by atoms with E-state index in [0.29, 0.717) is 5.13 Å². The predicted octanol–water partition coefficient (Wildman–Crippen LogP) is 2.41. The highest BCUT2D eigenvalue weighted by Crippen LogP contribution is 2.27. The van der Waals surface area contributed by atoms with Gasteiger partial charge in [-0.1, -0.05) is 29.5 Å². The van der Waals surface area contributed by atoms with Gasteiger partial charge in [0.15, 0.2) is 5.13 Å². The zero-order chi connectivity index (χ0) is 14.8. The number of fused-ring (bicyclic) bond motifs is 1. The molecule has 6 heteroatoms. The van der Waals surface area contributed by atoms with Crippen LogP contribution in [0.15, 0.2) is 47.4 Å². The topological polar surface area (TPSA) is 64.0 Å². The zero-order valence-corrected chi connectivity index (χ0v) is 12.2. The van der Waals surface area contributed by atoms with Gasteiger partial charge in [-0.25, -0.2) is 4.98 Å². The van der Waals surface area contributed by atoms with Gasteiger partial charge in [0.2, 0.25) is 5.91 Å². The summed E-state index contributed by atoms with van der Waals surface area (Å²) in [6, 6.07) is 10.7. The molecule has 0 spiro atoms. The van der Waals surface area contributed by atoms with Crippen molar-refractivity contribution >= 4 is 32.6 Å². The van der Waals surface area contributed by atoms with Crippen LogP contribution in [0.25, 0.3) is 10.2 Å². The smallest absolute Gasteiger partial charge is 0.250 e. The van der Waals surface area contributed by atoms with Crippen LogP contribution in [0.5, 0.6) is 0 Å². The predicted molar refractivity (Wildman–Crippen MR) is 83.7 cm³/mol. The second kappa shape index (κ2) is 5.49. The van der Waals surface area contributed by atoms with Gasteiger partial charge in [-0.15, -0.1) is 0 Å². The minimum Gasteiger partial charge on any atom is -0.306 e. The Bertz CT molecular complexity index is 866. The molecule has 3 rings (SSSR count). The summed E-state index contributed by atoms with van der Waals surface area (Å²) < 4.78 is 2.38. The fourth-order valence-corrected chi connectivity index (χ4v) is 3.00. The van der Waals surface area contributed by atoms with E-state index >= 15 is 0 Å². The summed E-state index contributed by atoms with van der Waals surface area (Å²) in [6.45, 7) is 1.96. The monoisotopic (exact) mass is 299 g/mol. The maximum Gasteiger partial charge on any atom is 0.250 e. The van der Waals surface area contributed by atoms with Gasteiger partial charge in [0.05, 0.1) is 10.2 Å². The van der Waals surface area contributed by atoms with Gasteiger partial charge >= 0.3 is 0 Å². The van der Waals surface area contributed by atoms with Crippen LogP contribution in [-0.4, -0.2) is 15.5 Å². The Morgan fingerprint density at radius 2 is 2.14 bits per heavy atom. The van der Waals surface area contributed by atoms with Gasteiger partial charge in [0.25, 0.3) is 5.56 Å². The number of thiazole rings is 1. The number of hydrogen-bond donors (Lipinski definition) is 1. The van der Waals surface area contributed by atoms with Gasteiger partial charge in [-0.2, -0.15) is 0 Å². The van der Waals surface area contributed by atoms with Crippen molar-refractivity contribution in [2.75, 3.05) is 5.32 Å². The van der Waals surface area contributed by atoms with E-state index in [1.807, 2.05) is 25.1 Å². The van der Waals surface area contributed by atoms with E-state index in [2.05, 4.69) is 10.3 Å². The third kappa shape index (κ3) is 2.85. The van der Waals surface area contributed by atoms with Crippen LogP contribution in [0.2, 0.25) is 0 Å². The Morgan fingerprint density at radius 1 is 1.29 bits per heavy atom. The minimum absolute atomic E-state index is 0.0193. The van der Waals surface area contributed by atoms with Crippen LogP contribution >= 0.6 is 11.3 Å². The van der Waals surface area contributed by atoms with E-state index < -0.39 is 0 Å². The third-order valence-corrected chi connectivity index (χ3v) is 4.02. The number of amides is 1. The summed E-state index contributed by atoms with van der Waals surface area (Å²) in [5, 5.41) is 3.29. The van der Waals surface area contributed by atoms with Crippen LogP contribution in [0.4, 0.5) is 5.13 Å². The molecule has 0 aliphatic rings. The lowest BCUT2D eigenvalue weighted by atomic mass is 10.2. The van der Waals surface area contributed by atoms with Crippen LogP contribution in [-0.2, 0) is 11.3 Å². The maximum atomic E-state index is 12.0. The van der Waals surface area contributed by atoms with Gasteiger partial charge in [-0.05, 0) is 24.6 Å². The summed E-state index contributed by atoms with van der Waals surface area (Å²) in [5.41, 5.74) is 1.77. The number of aromatic nitrogens is 2. The van der Waals surface area contributed by atoms with Crippen molar-refractivity contribution in [2.24, 2.45) is 0 Å². The lowest BCUT2D eigenvalue weighted by molar-refractivity contribution is -0.116. The first-order chi connectivity index (χ1) is 10.1.